The third-order valence-electron chi connectivity index (χ3n) is 6.03. The summed E-state index contributed by atoms with van der Waals surface area (Å²) >= 11 is 0. The summed E-state index contributed by atoms with van der Waals surface area (Å²) in [5.74, 6) is -0.727. The Hall–Kier alpha value is -3.02. The maximum absolute atomic E-state index is 13.5. The van der Waals surface area contributed by atoms with Gasteiger partial charge in [-0.25, -0.2) is 4.79 Å². The molecule has 0 radical (unpaired) electrons. The average molecular weight is 623 g/mol. The first-order valence-electron chi connectivity index (χ1n) is 12.1. The van der Waals surface area contributed by atoms with Crippen LogP contribution in [-0.4, -0.2) is 30.2 Å². The van der Waals surface area contributed by atoms with Crippen LogP contribution in [0.15, 0.2) is 121 Å². The van der Waals surface area contributed by atoms with E-state index in [2.05, 4.69) is 41.7 Å². The fourth-order valence-electron chi connectivity index (χ4n) is 4.41. The first kappa shape index (κ1) is 28.5. The molecule has 1 N–H and O–H groups in total. The van der Waals surface area contributed by atoms with Crippen LogP contribution in [0, 0.1) is 0 Å². The van der Waals surface area contributed by atoms with Gasteiger partial charge in [0, 0.05) is 5.56 Å². The van der Waals surface area contributed by atoms with Crippen molar-refractivity contribution in [1.29, 1.82) is 0 Å². The molecule has 0 saturated heterocycles. The predicted molar refractivity (Wildman–Crippen MR) is 149 cm³/mol. The Morgan fingerprint density at radius 1 is 0.676 bits per heavy atom. The zero-order valence-electron chi connectivity index (χ0n) is 21.0. The summed E-state index contributed by atoms with van der Waals surface area (Å²) in [6.45, 7) is 3.64. The predicted octanol–water partition coefficient (Wildman–Crippen LogP) is 1.73. The first-order valence-corrected chi connectivity index (χ1v) is 14.1. The van der Waals surface area contributed by atoms with Crippen LogP contribution in [0.4, 0.5) is 0 Å². The number of amides is 1. The molecule has 0 unspecified atom stereocenters. The Morgan fingerprint density at radius 3 is 1.43 bits per heavy atom. The van der Waals surface area contributed by atoms with Gasteiger partial charge in [0.15, 0.2) is 6.04 Å². The van der Waals surface area contributed by atoms with Crippen molar-refractivity contribution in [2.75, 3.05) is 6.16 Å². The van der Waals surface area contributed by atoms with Gasteiger partial charge in [-0.05, 0) is 62.4 Å². The number of nitrogens with one attached hydrogen (secondary N) is 1. The van der Waals surface area contributed by atoms with E-state index in [1.165, 1.54) is 0 Å². The van der Waals surface area contributed by atoms with Crippen molar-refractivity contribution in [1.82, 2.24) is 5.32 Å². The maximum atomic E-state index is 13.5. The van der Waals surface area contributed by atoms with Crippen LogP contribution in [-0.2, 0) is 9.53 Å². The van der Waals surface area contributed by atoms with Crippen molar-refractivity contribution in [3.05, 3.63) is 127 Å². The quantitative estimate of drug-likeness (QED) is 0.176. The van der Waals surface area contributed by atoms with Crippen molar-refractivity contribution < 1.29 is 38.3 Å². The Morgan fingerprint density at radius 2 is 1.05 bits per heavy atom. The van der Waals surface area contributed by atoms with Crippen molar-refractivity contribution in [2.24, 2.45) is 0 Å². The van der Waals surface area contributed by atoms with Crippen molar-refractivity contribution in [3.63, 3.8) is 0 Å². The van der Waals surface area contributed by atoms with Gasteiger partial charge in [0.1, 0.15) is 29.3 Å². The molecular formula is C31H31INO3P. The highest BCUT2D eigenvalue weighted by Gasteiger charge is 2.49. The largest absolute Gasteiger partial charge is 1.00 e. The maximum Gasteiger partial charge on any atom is 0.332 e. The summed E-state index contributed by atoms with van der Waals surface area (Å²) in [6, 6.07) is 39.0. The molecule has 0 aliphatic rings. The smallest absolute Gasteiger partial charge is 0.332 e. The van der Waals surface area contributed by atoms with Crippen LogP contribution in [0.2, 0.25) is 0 Å². The van der Waals surface area contributed by atoms with E-state index in [1.807, 2.05) is 86.6 Å². The molecule has 1 amide bonds. The second-order valence-electron chi connectivity index (χ2n) is 8.88. The molecule has 4 aromatic carbocycles. The molecule has 0 bridgehead atoms. The van der Waals surface area contributed by atoms with E-state index in [0.717, 1.165) is 15.9 Å². The minimum Gasteiger partial charge on any atom is -1.00 e. The molecule has 0 saturated carbocycles. The van der Waals surface area contributed by atoms with Crippen LogP contribution < -0.4 is 45.2 Å². The Bertz CT molecular complexity index is 1170. The molecule has 190 valence electrons. The number of carbonyl (C=O) groups is 2. The summed E-state index contributed by atoms with van der Waals surface area (Å²) in [6.07, 6.45) is 0.0985. The monoisotopic (exact) mass is 623 g/mol. The van der Waals surface area contributed by atoms with Crippen LogP contribution in [0.1, 0.15) is 24.2 Å². The number of carbonyl (C=O) groups excluding carboxylic acids is 2. The summed E-state index contributed by atoms with van der Waals surface area (Å²) in [5, 5.41) is 6.43. The van der Waals surface area contributed by atoms with Gasteiger partial charge in [-0.1, -0.05) is 72.8 Å². The van der Waals surface area contributed by atoms with E-state index >= 15 is 0 Å². The molecule has 0 spiro atoms. The van der Waals surface area contributed by atoms with Gasteiger partial charge in [0.2, 0.25) is 0 Å². The summed E-state index contributed by atoms with van der Waals surface area (Å²) < 4.78 is 5.67. The third kappa shape index (κ3) is 6.85. The minimum absolute atomic E-state index is 0. The van der Waals surface area contributed by atoms with Gasteiger partial charge < -0.3 is 34.0 Å². The van der Waals surface area contributed by atoms with Crippen LogP contribution in [0.5, 0.6) is 0 Å². The molecule has 0 aliphatic heterocycles. The van der Waals surface area contributed by atoms with E-state index in [1.54, 1.807) is 12.1 Å². The molecule has 6 heteroatoms. The van der Waals surface area contributed by atoms with Gasteiger partial charge in [-0.15, -0.1) is 0 Å². The van der Waals surface area contributed by atoms with Gasteiger partial charge in [0.25, 0.3) is 5.91 Å². The number of benzene rings is 4. The minimum atomic E-state index is -2.37. The van der Waals surface area contributed by atoms with Gasteiger partial charge in [0.05, 0.1) is 6.10 Å². The average Bonchev–Trinajstić information content (AvgIpc) is 2.92. The van der Waals surface area contributed by atoms with Crippen molar-refractivity contribution in [2.45, 2.75) is 26.0 Å². The van der Waals surface area contributed by atoms with Crippen molar-refractivity contribution in [3.8, 4) is 0 Å². The van der Waals surface area contributed by atoms with E-state index in [-0.39, 0.29) is 36.0 Å². The Kier molecular flexibility index (Phi) is 10.4. The van der Waals surface area contributed by atoms with Crippen LogP contribution in [0.3, 0.4) is 0 Å². The number of esters is 1. The lowest BCUT2D eigenvalue weighted by Gasteiger charge is -2.31. The zero-order valence-corrected chi connectivity index (χ0v) is 24.0. The molecule has 0 aliphatic carbocycles. The lowest BCUT2D eigenvalue weighted by atomic mass is 10.2. The van der Waals surface area contributed by atoms with E-state index in [4.69, 9.17) is 4.74 Å². The molecule has 37 heavy (non-hydrogen) atoms. The van der Waals surface area contributed by atoms with Crippen LogP contribution >= 0.6 is 7.26 Å². The number of halogens is 1. The fraction of sp³-hybridized carbons (Fsp3) is 0.161. The molecule has 0 heterocycles. The highest BCUT2D eigenvalue weighted by molar-refractivity contribution is 7.95. The SMILES string of the molecule is CC(C)OC(=O)[C@@H](C[P+](c1ccccc1)(c1ccccc1)c1ccccc1)NC(=O)c1ccccc1.[I-]. The second kappa shape index (κ2) is 13.5. The summed E-state index contributed by atoms with van der Waals surface area (Å²) in [4.78, 5) is 26.7. The second-order valence-corrected chi connectivity index (χ2v) is 12.4. The highest BCUT2D eigenvalue weighted by atomic mass is 127. The van der Waals surface area contributed by atoms with E-state index in [0.29, 0.717) is 11.7 Å². The molecule has 4 rings (SSSR count). The lowest BCUT2D eigenvalue weighted by molar-refractivity contribution is -0.149. The third-order valence-corrected chi connectivity index (χ3v) is 10.5. The Balaban J connectivity index is 0.00000380. The number of hydrogen-bond donors (Lipinski definition) is 1. The molecule has 0 fully saturated rings. The van der Waals surface area contributed by atoms with Crippen LogP contribution in [0.25, 0.3) is 0 Å². The lowest BCUT2D eigenvalue weighted by Crippen LogP contribution is -3.00. The normalized spacial score (nSPS) is 11.8. The zero-order chi connectivity index (χ0) is 25.4. The van der Waals surface area contributed by atoms with Gasteiger partial charge >= 0.3 is 5.97 Å². The fourth-order valence-corrected chi connectivity index (χ4v) is 8.77. The molecule has 4 nitrogen and oxygen atoms in total. The topological polar surface area (TPSA) is 55.4 Å². The van der Waals surface area contributed by atoms with Crippen molar-refractivity contribution >= 4 is 35.1 Å². The van der Waals surface area contributed by atoms with E-state index in [9.17, 15) is 9.59 Å². The number of ether oxygens (including phenoxy) is 1. The van der Waals surface area contributed by atoms with E-state index < -0.39 is 19.3 Å². The summed E-state index contributed by atoms with van der Waals surface area (Å²) in [7, 11) is -2.37. The number of hydrogen-bond acceptors (Lipinski definition) is 3. The highest BCUT2D eigenvalue weighted by Crippen LogP contribution is 2.55. The number of rotatable bonds is 9. The molecule has 0 aromatic heterocycles. The Labute approximate surface area is 236 Å². The molecular weight excluding hydrogens is 592 g/mol. The molecule has 1 atom stereocenters. The summed E-state index contributed by atoms with van der Waals surface area (Å²) in [5.41, 5.74) is 0.503. The first-order chi connectivity index (χ1) is 17.5. The molecule has 4 aromatic rings. The van der Waals surface area contributed by atoms with Gasteiger partial charge in [-0.3, -0.25) is 4.79 Å². The standard InChI is InChI=1S/C31H30NO3P.HI/c1-24(2)35-31(34)29(32-30(33)25-15-7-3-8-16-25)23-36(26-17-9-4-10-18-26,27-19-11-5-12-20-27)28-21-13-6-14-22-28;/h3-22,24,29H,23H2,1-2H3;1H/t29-;/m1./s1. The van der Waals surface area contributed by atoms with Gasteiger partial charge in [-0.2, -0.15) is 0 Å².